The van der Waals surface area contributed by atoms with Crippen LogP contribution in [0.2, 0.25) is 0 Å². The van der Waals surface area contributed by atoms with Crippen LogP contribution in [0.3, 0.4) is 0 Å². The molecule has 1 aromatic carbocycles. The molecule has 0 spiro atoms. The smallest absolute Gasteiger partial charge is 0.105 e. The number of nitriles is 1. The first-order chi connectivity index (χ1) is 9.52. The molecule has 20 heavy (non-hydrogen) atoms. The summed E-state index contributed by atoms with van der Waals surface area (Å²) in [7, 11) is 0. The fourth-order valence-corrected chi connectivity index (χ4v) is 3.68. The summed E-state index contributed by atoms with van der Waals surface area (Å²) in [5, 5.41) is 21.0. The number of benzene rings is 1. The predicted molar refractivity (Wildman–Crippen MR) is 84.1 cm³/mol. The Hall–Kier alpha value is -0.850. The Morgan fingerprint density at radius 1 is 1.20 bits per heavy atom. The highest BCUT2D eigenvalue weighted by atomic mass is 79.9. The molecule has 1 aliphatic carbocycles. The Bertz CT molecular complexity index is 496. The van der Waals surface area contributed by atoms with Crippen LogP contribution in [-0.4, -0.2) is 5.11 Å². The van der Waals surface area contributed by atoms with E-state index in [-0.39, 0.29) is 0 Å². The van der Waals surface area contributed by atoms with Gasteiger partial charge in [-0.05, 0) is 37.5 Å². The molecule has 1 atom stereocenters. The van der Waals surface area contributed by atoms with Gasteiger partial charge in [0.2, 0.25) is 0 Å². The Balaban J connectivity index is 2.39. The van der Waals surface area contributed by atoms with Gasteiger partial charge < -0.3 is 5.11 Å². The van der Waals surface area contributed by atoms with Gasteiger partial charge >= 0.3 is 0 Å². The minimum atomic E-state index is -1.11. The third-order valence-electron chi connectivity index (χ3n) is 4.74. The molecule has 1 aliphatic rings. The minimum absolute atomic E-state index is 0.672. The molecule has 0 aliphatic heterocycles. The van der Waals surface area contributed by atoms with Crippen molar-refractivity contribution < 1.29 is 5.11 Å². The molecule has 0 heterocycles. The fourth-order valence-electron chi connectivity index (χ4n) is 3.28. The van der Waals surface area contributed by atoms with E-state index in [9.17, 15) is 10.4 Å². The largest absolute Gasteiger partial charge is 0.384 e. The van der Waals surface area contributed by atoms with Crippen molar-refractivity contribution in [3.8, 4) is 6.07 Å². The maximum absolute atomic E-state index is 11.2. The average Bonchev–Trinajstić information content (AvgIpc) is 2.39. The minimum Gasteiger partial charge on any atom is -0.384 e. The first-order valence-corrected chi connectivity index (χ1v) is 8.21. The van der Waals surface area contributed by atoms with Gasteiger partial charge in [-0.3, -0.25) is 0 Å². The molecule has 0 aromatic heterocycles. The monoisotopic (exact) mass is 335 g/mol. The van der Waals surface area contributed by atoms with Crippen LogP contribution < -0.4 is 0 Å². The van der Waals surface area contributed by atoms with E-state index in [1.54, 1.807) is 6.92 Å². The molecule has 2 rings (SSSR count). The summed E-state index contributed by atoms with van der Waals surface area (Å²) in [5.41, 5.74) is -0.953. The zero-order valence-corrected chi connectivity index (χ0v) is 13.6. The Morgan fingerprint density at radius 3 is 2.35 bits per heavy atom. The molecule has 1 unspecified atom stereocenters. The lowest BCUT2D eigenvalue weighted by Gasteiger charge is -2.42. The lowest BCUT2D eigenvalue weighted by molar-refractivity contribution is -0.0583. The van der Waals surface area contributed by atoms with Crippen molar-refractivity contribution in [1.29, 1.82) is 5.26 Å². The molecule has 1 N–H and O–H groups in total. The van der Waals surface area contributed by atoms with Gasteiger partial charge in [0.15, 0.2) is 0 Å². The second kappa shape index (κ2) is 6.28. The van der Waals surface area contributed by atoms with E-state index in [1.165, 1.54) is 6.42 Å². The lowest BCUT2D eigenvalue weighted by Crippen LogP contribution is -2.43. The normalized spacial score (nSPS) is 22.1. The third-order valence-corrected chi connectivity index (χ3v) is 5.23. The molecule has 0 saturated heterocycles. The summed E-state index contributed by atoms with van der Waals surface area (Å²) in [4.78, 5) is 0. The fraction of sp³-hybridized carbons (Fsp3) is 0.588. The summed E-state index contributed by atoms with van der Waals surface area (Å²) in [6, 6.07) is 10.2. The highest BCUT2D eigenvalue weighted by Gasteiger charge is 2.48. The molecule has 0 amide bonds. The van der Waals surface area contributed by atoms with Crippen LogP contribution in [0.4, 0.5) is 0 Å². The highest BCUT2D eigenvalue weighted by Crippen LogP contribution is 2.48. The van der Waals surface area contributed by atoms with Crippen molar-refractivity contribution in [3.63, 3.8) is 0 Å². The van der Waals surface area contributed by atoms with Gasteiger partial charge in [-0.1, -0.05) is 60.2 Å². The van der Waals surface area contributed by atoms with E-state index in [0.29, 0.717) is 0 Å². The molecule has 0 radical (unpaired) electrons. The molecule has 0 bridgehead atoms. The molecular weight excluding hydrogens is 314 g/mol. The van der Waals surface area contributed by atoms with Crippen LogP contribution >= 0.6 is 15.9 Å². The van der Waals surface area contributed by atoms with Crippen LogP contribution in [0.5, 0.6) is 0 Å². The maximum Gasteiger partial charge on any atom is 0.105 e. The van der Waals surface area contributed by atoms with Crippen LogP contribution in [-0.2, 0) is 5.60 Å². The molecular formula is C17H22BrNO. The van der Waals surface area contributed by atoms with E-state index < -0.39 is 11.0 Å². The summed E-state index contributed by atoms with van der Waals surface area (Å²) in [5.74, 6) is 0. The van der Waals surface area contributed by atoms with Gasteiger partial charge in [0, 0.05) is 4.47 Å². The van der Waals surface area contributed by atoms with Crippen molar-refractivity contribution >= 4 is 15.9 Å². The van der Waals surface area contributed by atoms with Gasteiger partial charge in [0.1, 0.15) is 5.60 Å². The molecule has 2 nitrogen and oxygen atoms in total. The van der Waals surface area contributed by atoms with E-state index >= 15 is 0 Å². The number of halogens is 1. The zero-order valence-electron chi connectivity index (χ0n) is 12.0. The number of nitrogens with zero attached hydrogens (tertiary/aromatic N) is 1. The Labute approximate surface area is 129 Å². The summed E-state index contributed by atoms with van der Waals surface area (Å²) in [6.45, 7) is 1.81. The average molecular weight is 336 g/mol. The second-order valence-corrected chi connectivity index (χ2v) is 6.96. The molecule has 1 aromatic rings. The topological polar surface area (TPSA) is 44.0 Å². The molecule has 108 valence electrons. The highest BCUT2D eigenvalue weighted by molar-refractivity contribution is 9.10. The van der Waals surface area contributed by atoms with Crippen LogP contribution in [0.1, 0.15) is 57.4 Å². The van der Waals surface area contributed by atoms with Crippen molar-refractivity contribution in [2.24, 2.45) is 5.41 Å². The maximum atomic E-state index is 11.2. The Morgan fingerprint density at radius 2 is 1.80 bits per heavy atom. The van der Waals surface area contributed by atoms with Gasteiger partial charge in [-0.25, -0.2) is 0 Å². The number of aliphatic hydroxyl groups is 1. The lowest BCUT2D eigenvalue weighted by atomic mass is 9.64. The van der Waals surface area contributed by atoms with E-state index in [1.807, 2.05) is 24.3 Å². The molecule has 1 fully saturated rings. The molecule has 3 heteroatoms. The van der Waals surface area contributed by atoms with Gasteiger partial charge in [0.25, 0.3) is 0 Å². The Kier molecular flexibility index (Phi) is 4.88. The number of hydrogen-bond donors (Lipinski definition) is 1. The van der Waals surface area contributed by atoms with Crippen LogP contribution in [0.15, 0.2) is 28.7 Å². The van der Waals surface area contributed by atoms with Crippen molar-refractivity contribution in [3.05, 3.63) is 34.3 Å². The second-order valence-electron chi connectivity index (χ2n) is 6.04. The van der Waals surface area contributed by atoms with E-state index in [2.05, 4.69) is 22.0 Å². The van der Waals surface area contributed by atoms with Crippen LogP contribution in [0, 0.1) is 16.7 Å². The van der Waals surface area contributed by atoms with E-state index in [0.717, 1.165) is 48.6 Å². The van der Waals surface area contributed by atoms with Crippen molar-refractivity contribution in [2.75, 3.05) is 0 Å². The SMILES string of the molecule is CC(O)(c1cccc(Br)c1)C1(C#N)CCCCCCC1. The first-order valence-electron chi connectivity index (χ1n) is 7.41. The summed E-state index contributed by atoms with van der Waals surface area (Å²) < 4.78 is 0.939. The van der Waals surface area contributed by atoms with Gasteiger partial charge in [-0.2, -0.15) is 5.26 Å². The zero-order chi connectivity index (χ0) is 14.6. The quantitative estimate of drug-likeness (QED) is 0.834. The first kappa shape index (κ1) is 15.5. The molecule has 1 saturated carbocycles. The number of hydrogen-bond acceptors (Lipinski definition) is 2. The van der Waals surface area contributed by atoms with Crippen LogP contribution in [0.25, 0.3) is 0 Å². The van der Waals surface area contributed by atoms with Gasteiger partial charge in [0.05, 0.1) is 11.5 Å². The van der Waals surface area contributed by atoms with Crippen molar-refractivity contribution in [2.45, 2.75) is 57.5 Å². The third kappa shape index (κ3) is 2.92. The summed E-state index contributed by atoms with van der Waals surface area (Å²) >= 11 is 3.45. The number of rotatable bonds is 2. The van der Waals surface area contributed by atoms with E-state index in [4.69, 9.17) is 0 Å². The summed E-state index contributed by atoms with van der Waals surface area (Å²) in [6.07, 6.45) is 7.19. The standard InChI is InChI=1S/C17H22BrNO/c1-16(20,14-8-7-9-15(18)12-14)17(13-19)10-5-3-2-4-6-11-17/h7-9,12,20H,2-6,10-11H2,1H3. The van der Waals surface area contributed by atoms with Crippen molar-refractivity contribution in [1.82, 2.24) is 0 Å². The van der Waals surface area contributed by atoms with Gasteiger partial charge in [-0.15, -0.1) is 0 Å². The predicted octanol–water partition coefficient (Wildman–Crippen LogP) is 4.91.